The predicted octanol–water partition coefficient (Wildman–Crippen LogP) is 3.03. The molecule has 144 valence electrons. The summed E-state index contributed by atoms with van der Waals surface area (Å²) in [6.45, 7) is 9.71. The number of H-pyrrole nitrogens is 2. The van der Waals surface area contributed by atoms with Crippen LogP contribution in [0.5, 0.6) is 0 Å². The van der Waals surface area contributed by atoms with Gasteiger partial charge in [0.15, 0.2) is 0 Å². The van der Waals surface area contributed by atoms with Gasteiger partial charge in [0.2, 0.25) is 16.6 Å². The van der Waals surface area contributed by atoms with Crippen LogP contribution in [0.4, 0.5) is 4.79 Å². The number of halogens is 1. The molecule has 0 radical (unpaired) electrons. The van der Waals surface area contributed by atoms with Crippen LogP contribution in [0.1, 0.15) is 38.6 Å². The molecular weight excluding hydrogens is 354 g/mol. The average Bonchev–Trinajstić information content (AvgIpc) is 2.88. The molecule has 0 saturated carbocycles. The summed E-state index contributed by atoms with van der Waals surface area (Å²) in [5, 5.41) is 1.43. The Bertz CT molecular complexity index is 769. The molecule has 0 aliphatic heterocycles. The first-order valence-corrected chi connectivity index (χ1v) is 9.12. The maximum absolute atomic E-state index is 12.0. The number of nitrogens with one attached hydrogen (secondary N) is 2. The van der Waals surface area contributed by atoms with Crippen LogP contribution < -0.4 is 4.98 Å². The van der Waals surface area contributed by atoms with Crippen molar-refractivity contribution in [3.8, 4) is 0 Å². The summed E-state index contributed by atoms with van der Waals surface area (Å²) in [6, 6.07) is 0. The summed E-state index contributed by atoms with van der Waals surface area (Å²) in [5.41, 5.74) is 1.51. The number of aromatic nitrogens is 3. The highest BCUT2D eigenvalue weighted by Crippen LogP contribution is 2.23. The van der Waals surface area contributed by atoms with Crippen molar-refractivity contribution in [1.29, 1.82) is 0 Å². The summed E-state index contributed by atoms with van der Waals surface area (Å²) in [4.78, 5) is 26.5. The third kappa shape index (κ3) is 5.57. The highest BCUT2D eigenvalue weighted by atomic mass is 35.5. The molecule has 0 aromatic carbocycles. The van der Waals surface area contributed by atoms with Crippen molar-refractivity contribution in [2.75, 3.05) is 27.2 Å². The van der Waals surface area contributed by atoms with Gasteiger partial charge in [0.25, 0.3) is 0 Å². The topological polar surface area (TPSA) is 75.6 Å². The molecule has 2 N–H and O–H groups in total. The van der Waals surface area contributed by atoms with Crippen LogP contribution in [0.15, 0.2) is 6.20 Å². The van der Waals surface area contributed by atoms with Crippen molar-refractivity contribution in [1.82, 2.24) is 19.8 Å². The first kappa shape index (κ1) is 20.5. The maximum atomic E-state index is 12.0. The Morgan fingerprint density at radius 1 is 1.35 bits per heavy atom. The van der Waals surface area contributed by atoms with Crippen LogP contribution in [-0.4, -0.2) is 58.6 Å². The molecule has 7 nitrogen and oxygen atoms in total. The van der Waals surface area contributed by atoms with E-state index < -0.39 is 5.60 Å². The fourth-order valence-corrected chi connectivity index (χ4v) is 3.06. The number of hydrogen-bond donors (Lipinski definition) is 1. The smallest absolute Gasteiger partial charge is 0.410 e. The summed E-state index contributed by atoms with van der Waals surface area (Å²) in [7, 11) is 3.81. The average molecular weight is 383 g/mol. The number of aromatic amines is 2. The van der Waals surface area contributed by atoms with E-state index in [0.29, 0.717) is 11.7 Å². The van der Waals surface area contributed by atoms with Gasteiger partial charge in [0.1, 0.15) is 11.0 Å². The SMILES string of the molecule is Cc1nc(Cl)c2c(CN(C)CCCN(C)C(=O)OC(C)(C)C)c[nH]c2[nH+]1. The molecule has 8 heteroatoms. The molecule has 2 aromatic heterocycles. The van der Waals surface area contributed by atoms with E-state index in [1.54, 1.807) is 11.9 Å². The van der Waals surface area contributed by atoms with Crippen LogP contribution in [0.2, 0.25) is 5.15 Å². The largest absolute Gasteiger partial charge is 0.444 e. The highest BCUT2D eigenvalue weighted by molar-refractivity contribution is 6.34. The molecule has 0 aliphatic rings. The predicted molar refractivity (Wildman–Crippen MR) is 102 cm³/mol. The third-order valence-electron chi connectivity index (χ3n) is 3.92. The van der Waals surface area contributed by atoms with E-state index in [1.807, 2.05) is 40.9 Å². The number of aryl methyl sites for hydroxylation is 1. The van der Waals surface area contributed by atoms with Crippen LogP contribution in [0.25, 0.3) is 11.0 Å². The molecule has 0 atom stereocenters. The monoisotopic (exact) mass is 382 g/mol. The van der Waals surface area contributed by atoms with Gasteiger partial charge in [-0.1, -0.05) is 4.98 Å². The zero-order chi connectivity index (χ0) is 19.5. The second-order valence-electron chi connectivity index (χ2n) is 7.67. The molecule has 26 heavy (non-hydrogen) atoms. The Kier molecular flexibility index (Phi) is 6.47. The lowest BCUT2D eigenvalue weighted by Gasteiger charge is -2.25. The minimum absolute atomic E-state index is 0.291. The molecule has 0 fully saturated rings. The Labute approximate surface area is 159 Å². The van der Waals surface area contributed by atoms with Crippen molar-refractivity contribution < 1.29 is 14.5 Å². The lowest BCUT2D eigenvalue weighted by molar-refractivity contribution is -0.362. The van der Waals surface area contributed by atoms with E-state index in [2.05, 4.69) is 19.9 Å². The van der Waals surface area contributed by atoms with E-state index in [0.717, 1.165) is 41.9 Å². The number of hydrogen-bond acceptors (Lipinski definition) is 4. The quantitative estimate of drug-likeness (QED) is 0.779. The normalized spacial score (nSPS) is 12.0. The number of rotatable bonds is 6. The molecule has 2 heterocycles. The second kappa shape index (κ2) is 8.22. The number of nitrogens with zero attached hydrogens (tertiary/aromatic N) is 3. The van der Waals surface area contributed by atoms with Gasteiger partial charge in [0.05, 0.1) is 6.20 Å². The van der Waals surface area contributed by atoms with Gasteiger partial charge in [-0.3, -0.25) is 4.98 Å². The zero-order valence-electron chi connectivity index (χ0n) is 16.4. The Morgan fingerprint density at radius 2 is 2.04 bits per heavy atom. The number of amides is 1. The van der Waals surface area contributed by atoms with Crippen LogP contribution in [0, 0.1) is 6.92 Å². The standard InChI is InChI=1S/C18H28ClN5O2/c1-12-21-15(19)14-13(10-20-16(14)22-12)11-23(5)8-7-9-24(6)17(25)26-18(2,3)4/h10H,7-9,11H2,1-6H3,(H,20,21,22)/p+1. The number of carbonyl (C=O) groups is 1. The highest BCUT2D eigenvalue weighted by Gasteiger charge is 2.20. The summed E-state index contributed by atoms with van der Waals surface area (Å²) < 4.78 is 5.36. The minimum atomic E-state index is -0.472. The maximum Gasteiger partial charge on any atom is 0.410 e. The zero-order valence-corrected chi connectivity index (χ0v) is 17.2. The van der Waals surface area contributed by atoms with Gasteiger partial charge in [0, 0.05) is 32.6 Å². The Balaban J connectivity index is 1.86. The number of ether oxygens (including phenoxy) is 1. The minimum Gasteiger partial charge on any atom is -0.444 e. The first-order chi connectivity index (χ1) is 12.1. The second-order valence-corrected chi connectivity index (χ2v) is 8.03. The molecule has 1 amide bonds. The summed E-state index contributed by atoms with van der Waals surface area (Å²) in [6.07, 6.45) is 2.52. The molecule has 0 unspecified atom stereocenters. The molecule has 0 aliphatic carbocycles. The van der Waals surface area contributed by atoms with Gasteiger partial charge in [-0.05, 0) is 52.4 Å². The van der Waals surface area contributed by atoms with Gasteiger partial charge in [-0.15, -0.1) is 0 Å². The Morgan fingerprint density at radius 3 is 2.69 bits per heavy atom. The summed E-state index contributed by atoms with van der Waals surface area (Å²) >= 11 is 6.30. The van der Waals surface area contributed by atoms with Gasteiger partial charge >= 0.3 is 6.09 Å². The van der Waals surface area contributed by atoms with Crippen molar-refractivity contribution in [3.05, 3.63) is 22.7 Å². The molecule has 0 saturated heterocycles. The van der Waals surface area contributed by atoms with E-state index in [9.17, 15) is 4.79 Å². The van der Waals surface area contributed by atoms with Gasteiger partial charge in [-0.2, -0.15) is 0 Å². The fraction of sp³-hybridized carbons (Fsp3) is 0.611. The van der Waals surface area contributed by atoms with Crippen molar-refractivity contribution in [3.63, 3.8) is 0 Å². The van der Waals surface area contributed by atoms with Gasteiger partial charge in [-0.25, -0.2) is 9.78 Å². The van der Waals surface area contributed by atoms with Gasteiger partial charge < -0.3 is 14.5 Å². The van der Waals surface area contributed by atoms with Crippen LogP contribution in [0.3, 0.4) is 0 Å². The first-order valence-electron chi connectivity index (χ1n) is 8.75. The number of carbonyl (C=O) groups excluding carboxylic acids is 1. The van der Waals surface area contributed by atoms with Crippen molar-refractivity contribution in [2.45, 2.75) is 46.3 Å². The molecule has 0 bridgehead atoms. The molecule has 0 spiro atoms. The van der Waals surface area contributed by atoms with Crippen molar-refractivity contribution in [2.24, 2.45) is 0 Å². The van der Waals surface area contributed by atoms with Crippen LogP contribution in [-0.2, 0) is 11.3 Å². The third-order valence-corrected chi connectivity index (χ3v) is 4.19. The van der Waals surface area contributed by atoms with Crippen molar-refractivity contribution >= 4 is 28.7 Å². The summed E-state index contributed by atoms with van der Waals surface area (Å²) in [5.74, 6) is 0.773. The van der Waals surface area contributed by atoms with E-state index in [-0.39, 0.29) is 6.09 Å². The molecule has 2 rings (SSSR count). The number of fused-ring (bicyclic) bond motifs is 1. The van der Waals surface area contributed by atoms with Crippen LogP contribution >= 0.6 is 11.6 Å². The fourth-order valence-electron chi connectivity index (χ4n) is 2.71. The lowest BCUT2D eigenvalue weighted by atomic mass is 10.2. The Hall–Kier alpha value is -1.86. The van der Waals surface area contributed by atoms with E-state index >= 15 is 0 Å². The molecular formula is C18H29ClN5O2+. The van der Waals surface area contributed by atoms with E-state index in [4.69, 9.17) is 16.3 Å². The van der Waals surface area contributed by atoms with E-state index in [1.165, 1.54) is 0 Å². The molecule has 2 aromatic rings. The lowest BCUT2D eigenvalue weighted by Crippen LogP contribution is -2.35.